The molecule has 2 aliphatic heterocycles. The number of amides is 2. The van der Waals surface area contributed by atoms with Crippen LogP contribution in [0, 0.1) is 5.92 Å². The van der Waals surface area contributed by atoms with Crippen molar-refractivity contribution in [3.8, 4) is 5.75 Å². The fourth-order valence-corrected chi connectivity index (χ4v) is 4.79. The van der Waals surface area contributed by atoms with E-state index in [1.54, 1.807) is 0 Å². The number of nitrogens with zero attached hydrogens (tertiary/aromatic N) is 2. The van der Waals surface area contributed by atoms with Crippen molar-refractivity contribution >= 4 is 11.8 Å². The number of carbonyl (C=O) groups excluding carboxylic acids is 2. The predicted octanol–water partition coefficient (Wildman–Crippen LogP) is 4.22. The monoisotopic (exact) mass is 400 g/mol. The summed E-state index contributed by atoms with van der Waals surface area (Å²) < 4.78 is 6.53. The standard InChI is InChI=1S/C24H36N2O3/c1-5-25(6-2)23(28)16-19-17-24(29-21-10-8-7-9-20(19)21)11-13-26(14-12-24)22(27)15-18(3)4/h7-10,18-19H,5-6,11-17H2,1-4H3/t19-/m1/s1. The summed E-state index contributed by atoms with van der Waals surface area (Å²) in [4.78, 5) is 29.2. The second-order valence-electron chi connectivity index (χ2n) is 8.97. The molecule has 1 atom stereocenters. The van der Waals surface area contributed by atoms with Crippen molar-refractivity contribution in [2.45, 2.75) is 71.3 Å². The van der Waals surface area contributed by atoms with Gasteiger partial charge in [-0.15, -0.1) is 0 Å². The molecule has 0 saturated carbocycles. The lowest BCUT2D eigenvalue weighted by atomic mass is 9.76. The van der Waals surface area contributed by atoms with Crippen molar-refractivity contribution in [3.05, 3.63) is 29.8 Å². The van der Waals surface area contributed by atoms with Crippen molar-refractivity contribution in [2.24, 2.45) is 5.92 Å². The van der Waals surface area contributed by atoms with Gasteiger partial charge in [-0.05, 0) is 37.8 Å². The summed E-state index contributed by atoms with van der Waals surface area (Å²) in [6.45, 7) is 11.2. The Bertz CT molecular complexity index is 719. The number of rotatable bonds is 6. The molecule has 1 fully saturated rings. The summed E-state index contributed by atoms with van der Waals surface area (Å²) in [5, 5.41) is 0. The van der Waals surface area contributed by atoms with Gasteiger partial charge in [-0.1, -0.05) is 32.0 Å². The third-order valence-electron chi connectivity index (χ3n) is 6.45. The quantitative estimate of drug-likeness (QED) is 0.718. The smallest absolute Gasteiger partial charge is 0.223 e. The van der Waals surface area contributed by atoms with Gasteiger partial charge in [-0.3, -0.25) is 9.59 Å². The van der Waals surface area contributed by atoms with Gasteiger partial charge in [0.25, 0.3) is 0 Å². The summed E-state index contributed by atoms with van der Waals surface area (Å²) in [5.74, 6) is 1.94. The van der Waals surface area contributed by atoms with E-state index >= 15 is 0 Å². The number of carbonyl (C=O) groups is 2. The van der Waals surface area contributed by atoms with Crippen molar-refractivity contribution in [1.29, 1.82) is 0 Å². The zero-order valence-corrected chi connectivity index (χ0v) is 18.4. The summed E-state index contributed by atoms with van der Waals surface area (Å²) in [5.41, 5.74) is 0.883. The molecule has 0 radical (unpaired) electrons. The molecule has 0 aliphatic carbocycles. The molecular weight excluding hydrogens is 364 g/mol. The summed E-state index contributed by atoms with van der Waals surface area (Å²) in [6, 6.07) is 8.16. The number of para-hydroxylation sites is 1. The molecule has 2 heterocycles. The molecule has 5 nitrogen and oxygen atoms in total. The predicted molar refractivity (Wildman–Crippen MR) is 115 cm³/mol. The van der Waals surface area contributed by atoms with Crippen LogP contribution in [0.3, 0.4) is 0 Å². The Balaban J connectivity index is 1.74. The third-order valence-corrected chi connectivity index (χ3v) is 6.45. The summed E-state index contributed by atoms with van der Waals surface area (Å²) >= 11 is 0. The van der Waals surface area contributed by atoms with Gasteiger partial charge in [0.1, 0.15) is 11.4 Å². The molecule has 1 saturated heterocycles. The Morgan fingerprint density at radius 1 is 1.17 bits per heavy atom. The number of hydrogen-bond donors (Lipinski definition) is 0. The largest absolute Gasteiger partial charge is 0.487 e. The van der Waals surface area contributed by atoms with Crippen molar-refractivity contribution in [2.75, 3.05) is 26.2 Å². The van der Waals surface area contributed by atoms with Crippen LogP contribution in [0.5, 0.6) is 5.75 Å². The van der Waals surface area contributed by atoms with E-state index in [1.165, 1.54) is 0 Å². The van der Waals surface area contributed by atoms with E-state index in [9.17, 15) is 9.59 Å². The molecule has 0 N–H and O–H groups in total. The van der Waals surface area contributed by atoms with Crippen LogP contribution >= 0.6 is 0 Å². The van der Waals surface area contributed by atoms with Gasteiger partial charge in [0, 0.05) is 57.8 Å². The van der Waals surface area contributed by atoms with Crippen LogP contribution in [0.25, 0.3) is 0 Å². The molecule has 3 rings (SSSR count). The van der Waals surface area contributed by atoms with E-state index in [-0.39, 0.29) is 23.3 Å². The first-order valence-electron chi connectivity index (χ1n) is 11.2. The molecule has 0 bridgehead atoms. The van der Waals surface area contributed by atoms with Crippen LogP contribution in [0.15, 0.2) is 24.3 Å². The molecule has 0 aromatic heterocycles. The first-order valence-corrected chi connectivity index (χ1v) is 11.2. The first kappa shape index (κ1) is 21.7. The lowest BCUT2D eigenvalue weighted by Gasteiger charge is -2.47. The molecule has 29 heavy (non-hydrogen) atoms. The molecule has 1 aromatic carbocycles. The van der Waals surface area contributed by atoms with E-state index in [4.69, 9.17) is 4.74 Å². The van der Waals surface area contributed by atoms with Gasteiger partial charge in [0.05, 0.1) is 0 Å². The van der Waals surface area contributed by atoms with Gasteiger partial charge in [0.15, 0.2) is 0 Å². The maximum atomic E-state index is 12.8. The second-order valence-corrected chi connectivity index (χ2v) is 8.97. The number of likely N-dealkylation sites (tertiary alicyclic amines) is 1. The maximum absolute atomic E-state index is 12.8. The Morgan fingerprint density at radius 2 is 1.83 bits per heavy atom. The Kier molecular flexibility index (Phi) is 6.86. The highest BCUT2D eigenvalue weighted by molar-refractivity contribution is 5.77. The van der Waals surface area contributed by atoms with E-state index in [0.29, 0.717) is 18.8 Å². The van der Waals surface area contributed by atoms with Crippen molar-refractivity contribution in [3.63, 3.8) is 0 Å². The van der Waals surface area contributed by atoms with Crippen LogP contribution in [-0.2, 0) is 9.59 Å². The molecule has 160 valence electrons. The minimum atomic E-state index is -0.267. The molecule has 1 aromatic rings. The summed E-state index contributed by atoms with van der Waals surface area (Å²) in [6.07, 6.45) is 3.66. The number of hydrogen-bond acceptors (Lipinski definition) is 3. The Morgan fingerprint density at radius 3 is 2.45 bits per heavy atom. The van der Waals surface area contributed by atoms with Gasteiger partial charge in [-0.2, -0.15) is 0 Å². The normalized spacial score (nSPS) is 20.3. The number of benzene rings is 1. The number of piperidine rings is 1. The molecule has 5 heteroatoms. The van der Waals surface area contributed by atoms with E-state index < -0.39 is 0 Å². The van der Waals surface area contributed by atoms with Crippen LogP contribution in [-0.4, -0.2) is 53.4 Å². The summed E-state index contributed by atoms with van der Waals surface area (Å²) in [7, 11) is 0. The topological polar surface area (TPSA) is 49.9 Å². The highest BCUT2D eigenvalue weighted by Crippen LogP contribution is 2.46. The fourth-order valence-electron chi connectivity index (χ4n) is 4.79. The molecule has 0 unspecified atom stereocenters. The number of ether oxygens (including phenoxy) is 1. The van der Waals surface area contributed by atoms with E-state index in [1.807, 2.05) is 41.8 Å². The van der Waals surface area contributed by atoms with Crippen LogP contribution in [0.4, 0.5) is 0 Å². The van der Waals surface area contributed by atoms with E-state index in [2.05, 4.69) is 19.9 Å². The maximum Gasteiger partial charge on any atom is 0.223 e. The van der Waals surface area contributed by atoms with Gasteiger partial charge in [0.2, 0.25) is 11.8 Å². The third kappa shape index (κ3) is 4.93. The average molecular weight is 401 g/mol. The highest BCUT2D eigenvalue weighted by atomic mass is 16.5. The van der Waals surface area contributed by atoms with Gasteiger partial charge < -0.3 is 14.5 Å². The van der Waals surface area contributed by atoms with Gasteiger partial charge >= 0.3 is 0 Å². The van der Waals surface area contributed by atoms with Crippen molar-refractivity contribution in [1.82, 2.24) is 9.80 Å². The molecular formula is C24H36N2O3. The van der Waals surface area contributed by atoms with Crippen LogP contribution in [0.2, 0.25) is 0 Å². The number of fused-ring (bicyclic) bond motifs is 1. The molecule has 2 aliphatic rings. The lowest BCUT2D eigenvalue weighted by molar-refractivity contribution is -0.136. The van der Waals surface area contributed by atoms with E-state index in [0.717, 1.165) is 56.8 Å². The van der Waals surface area contributed by atoms with Crippen molar-refractivity contribution < 1.29 is 14.3 Å². The SMILES string of the molecule is CCN(CC)C(=O)C[C@@H]1CC2(CCN(C(=O)CC(C)C)CC2)Oc2ccccc21. The fraction of sp³-hybridized carbons (Fsp3) is 0.667. The molecule has 2 amide bonds. The van der Waals surface area contributed by atoms with Crippen LogP contribution < -0.4 is 4.74 Å². The average Bonchev–Trinajstić information content (AvgIpc) is 2.69. The minimum absolute atomic E-state index is 0.172. The lowest BCUT2D eigenvalue weighted by Crippen LogP contribution is -2.52. The van der Waals surface area contributed by atoms with Crippen LogP contribution in [0.1, 0.15) is 71.3 Å². The van der Waals surface area contributed by atoms with Gasteiger partial charge in [-0.25, -0.2) is 0 Å². The zero-order valence-electron chi connectivity index (χ0n) is 18.4. The Labute approximate surface area is 175 Å². The second kappa shape index (κ2) is 9.19. The Hall–Kier alpha value is -2.04. The minimum Gasteiger partial charge on any atom is -0.487 e. The highest BCUT2D eigenvalue weighted by Gasteiger charge is 2.44. The zero-order chi connectivity index (χ0) is 21.0. The molecule has 1 spiro atoms. The first-order chi connectivity index (χ1) is 13.9.